The van der Waals surface area contributed by atoms with Gasteiger partial charge in [0, 0.05) is 0 Å². The van der Waals surface area contributed by atoms with Gasteiger partial charge in [0.15, 0.2) is 0 Å². The molecule has 0 fully saturated rings. The predicted molar refractivity (Wildman–Crippen MR) is 76.1 cm³/mol. The van der Waals surface area contributed by atoms with Crippen molar-refractivity contribution in [3.05, 3.63) is 72.3 Å². The first-order chi connectivity index (χ1) is 8.90. The van der Waals surface area contributed by atoms with Gasteiger partial charge in [-0.1, -0.05) is 55.5 Å². The molecule has 0 aliphatic heterocycles. The van der Waals surface area contributed by atoms with Gasteiger partial charge < -0.3 is 4.74 Å². The van der Waals surface area contributed by atoms with Gasteiger partial charge in [-0.3, -0.25) is 0 Å². The molecule has 92 valence electrons. The first-order valence-electron chi connectivity index (χ1n) is 6.36. The van der Waals surface area contributed by atoms with E-state index in [0.717, 1.165) is 24.3 Å². The molecule has 2 aromatic rings. The first-order valence-corrected chi connectivity index (χ1v) is 6.36. The molecule has 2 aromatic carbocycles. The summed E-state index contributed by atoms with van der Waals surface area (Å²) in [5, 5.41) is 0. The Bertz CT molecular complexity index is 500. The molecular weight excluding hydrogens is 220 g/mol. The zero-order valence-corrected chi connectivity index (χ0v) is 10.7. The van der Waals surface area contributed by atoms with E-state index in [-0.39, 0.29) is 0 Å². The van der Waals surface area contributed by atoms with E-state index < -0.39 is 0 Å². The van der Waals surface area contributed by atoms with E-state index in [1.165, 1.54) is 5.56 Å². The van der Waals surface area contributed by atoms with E-state index in [1.807, 2.05) is 48.5 Å². The monoisotopic (exact) mass is 238 g/mol. The standard InChI is InChI=1S/C17H18O/c1-2-3-5-10-15-11-8-9-14-17(15)18-16-12-6-4-7-13-16/h3-9,11-14H,2,10H2,1H3. The van der Waals surface area contributed by atoms with Gasteiger partial charge in [-0.15, -0.1) is 0 Å². The fourth-order valence-corrected chi connectivity index (χ4v) is 1.76. The molecule has 0 saturated carbocycles. The lowest BCUT2D eigenvalue weighted by Gasteiger charge is -2.09. The maximum Gasteiger partial charge on any atom is 0.130 e. The van der Waals surface area contributed by atoms with Crippen LogP contribution in [0.3, 0.4) is 0 Å². The lowest BCUT2D eigenvalue weighted by molar-refractivity contribution is 0.477. The van der Waals surface area contributed by atoms with Crippen molar-refractivity contribution in [3.63, 3.8) is 0 Å². The van der Waals surface area contributed by atoms with Gasteiger partial charge in [0.05, 0.1) is 0 Å². The van der Waals surface area contributed by atoms with Gasteiger partial charge in [0.2, 0.25) is 0 Å². The van der Waals surface area contributed by atoms with E-state index in [4.69, 9.17) is 4.74 Å². The number of rotatable bonds is 5. The molecule has 1 nitrogen and oxygen atoms in total. The fraction of sp³-hybridized carbons (Fsp3) is 0.176. The Hall–Kier alpha value is -2.02. The summed E-state index contributed by atoms with van der Waals surface area (Å²) in [5.41, 5.74) is 1.21. The Morgan fingerprint density at radius 2 is 1.61 bits per heavy atom. The summed E-state index contributed by atoms with van der Waals surface area (Å²) in [4.78, 5) is 0. The average Bonchev–Trinajstić information content (AvgIpc) is 2.42. The van der Waals surface area contributed by atoms with Gasteiger partial charge in [0.25, 0.3) is 0 Å². The molecule has 18 heavy (non-hydrogen) atoms. The first kappa shape index (κ1) is 12.4. The Labute approximate surface area is 109 Å². The van der Waals surface area contributed by atoms with Crippen molar-refractivity contribution in [3.8, 4) is 11.5 Å². The average molecular weight is 238 g/mol. The minimum atomic E-state index is 0.879. The van der Waals surface area contributed by atoms with Crippen molar-refractivity contribution in [1.29, 1.82) is 0 Å². The Morgan fingerprint density at radius 3 is 2.39 bits per heavy atom. The lowest BCUT2D eigenvalue weighted by atomic mass is 10.1. The molecule has 0 saturated heterocycles. The van der Waals surface area contributed by atoms with Crippen LogP contribution in [0.15, 0.2) is 66.7 Å². The van der Waals surface area contributed by atoms with Crippen LogP contribution in [0.25, 0.3) is 0 Å². The predicted octanol–water partition coefficient (Wildman–Crippen LogP) is 4.99. The summed E-state index contributed by atoms with van der Waals surface area (Å²) in [6.07, 6.45) is 6.35. The molecule has 1 heteroatoms. The summed E-state index contributed by atoms with van der Waals surface area (Å²) >= 11 is 0. The number of benzene rings is 2. The molecule has 0 aliphatic rings. The SMILES string of the molecule is CCC=CCc1ccccc1Oc1ccccc1. The van der Waals surface area contributed by atoms with Crippen LogP contribution in [0.5, 0.6) is 11.5 Å². The Morgan fingerprint density at radius 1 is 0.889 bits per heavy atom. The van der Waals surface area contributed by atoms with Crippen LogP contribution in [0.4, 0.5) is 0 Å². The second kappa shape index (κ2) is 6.65. The third kappa shape index (κ3) is 3.49. The van der Waals surface area contributed by atoms with Crippen molar-refractivity contribution >= 4 is 0 Å². The van der Waals surface area contributed by atoms with Gasteiger partial charge in [-0.25, -0.2) is 0 Å². The third-order valence-electron chi connectivity index (χ3n) is 2.68. The molecule has 0 aromatic heterocycles. The third-order valence-corrected chi connectivity index (χ3v) is 2.68. The fourth-order valence-electron chi connectivity index (χ4n) is 1.76. The minimum absolute atomic E-state index is 0.879. The number of ether oxygens (including phenoxy) is 1. The van der Waals surface area contributed by atoms with Crippen LogP contribution < -0.4 is 4.74 Å². The highest BCUT2D eigenvalue weighted by Crippen LogP contribution is 2.25. The molecule has 0 spiro atoms. The normalized spacial score (nSPS) is 10.7. The second-order valence-corrected chi connectivity index (χ2v) is 4.11. The summed E-state index contributed by atoms with van der Waals surface area (Å²) in [6.45, 7) is 2.14. The smallest absolute Gasteiger partial charge is 0.130 e. The molecule has 0 unspecified atom stereocenters. The highest BCUT2D eigenvalue weighted by atomic mass is 16.5. The van der Waals surface area contributed by atoms with E-state index in [1.54, 1.807) is 0 Å². The lowest BCUT2D eigenvalue weighted by Crippen LogP contribution is -1.90. The van der Waals surface area contributed by atoms with Crippen LogP contribution in [0.2, 0.25) is 0 Å². The van der Waals surface area contributed by atoms with E-state index >= 15 is 0 Å². The molecule has 0 aliphatic carbocycles. The van der Waals surface area contributed by atoms with Gasteiger partial charge in [-0.05, 0) is 36.6 Å². The maximum absolute atomic E-state index is 5.91. The van der Waals surface area contributed by atoms with Crippen LogP contribution in [0, 0.1) is 0 Å². The Balaban J connectivity index is 2.15. The van der Waals surface area contributed by atoms with Crippen molar-refractivity contribution in [2.75, 3.05) is 0 Å². The summed E-state index contributed by atoms with van der Waals surface area (Å²) in [5.74, 6) is 1.81. The van der Waals surface area contributed by atoms with Crippen molar-refractivity contribution in [2.45, 2.75) is 19.8 Å². The van der Waals surface area contributed by atoms with Crippen molar-refractivity contribution in [1.82, 2.24) is 0 Å². The maximum atomic E-state index is 5.91. The summed E-state index contributed by atoms with van der Waals surface area (Å²) in [7, 11) is 0. The minimum Gasteiger partial charge on any atom is -0.457 e. The number of para-hydroxylation sites is 2. The second-order valence-electron chi connectivity index (χ2n) is 4.11. The van der Waals surface area contributed by atoms with Crippen LogP contribution in [-0.2, 0) is 6.42 Å². The Kier molecular flexibility index (Phi) is 4.60. The molecular formula is C17H18O. The van der Waals surface area contributed by atoms with E-state index in [2.05, 4.69) is 25.1 Å². The number of allylic oxidation sites excluding steroid dienone is 2. The number of hydrogen-bond acceptors (Lipinski definition) is 1. The molecule has 0 radical (unpaired) electrons. The largest absolute Gasteiger partial charge is 0.457 e. The number of hydrogen-bond donors (Lipinski definition) is 0. The molecule has 0 atom stereocenters. The highest BCUT2D eigenvalue weighted by Gasteiger charge is 2.02. The molecule has 2 rings (SSSR count). The molecule has 0 N–H and O–H groups in total. The van der Waals surface area contributed by atoms with Gasteiger partial charge >= 0.3 is 0 Å². The van der Waals surface area contributed by atoms with Crippen molar-refractivity contribution < 1.29 is 4.74 Å². The zero-order valence-electron chi connectivity index (χ0n) is 10.7. The van der Waals surface area contributed by atoms with E-state index in [0.29, 0.717) is 0 Å². The van der Waals surface area contributed by atoms with Crippen molar-refractivity contribution in [2.24, 2.45) is 0 Å². The van der Waals surface area contributed by atoms with Gasteiger partial charge in [0.1, 0.15) is 11.5 Å². The van der Waals surface area contributed by atoms with Crippen LogP contribution >= 0.6 is 0 Å². The topological polar surface area (TPSA) is 9.23 Å². The van der Waals surface area contributed by atoms with Crippen LogP contribution in [0.1, 0.15) is 18.9 Å². The zero-order chi connectivity index (χ0) is 12.6. The summed E-state index contributed by atoms with van der Waals surface area (Å²) in [6, 6.07) is 18.1. The summed E-state index contributed by atoms with van der Waals surface area (Å²) < 4.78 is 5.91. The van der Waals surface area contributed by atoms with Crippen LogP contribution in [-0.4, -0.2) is 0 Å². The van der Waals surface area contributed by atoms with Gasteiger partial charge in [-0.2, -0.15) is 0 Å². The molecule has 0 heterocycles. The molecule has 0 amide bonds. The van der Waals surface area contributed by atoms with E-state index in [9.17, 15) is 0 Å². The quantitative estimate of drug-likeness (QED) is 0.667. The molecule has 0 bridgehead atoms. The highest BCUT2D eigenvalue weighted by molar-refractivity contribution is 5.38.